The van der Waals surface area contributed by atoms with Crippen molar-refractivity contribution in [2.24, 2.45) is 11.8 Å². The van der Waals surface area contributed by atoms with E-state index in [1.165, 1.54) is 17.7 Å². The highest BCUT2D eigenvalue weighted by Gasteiger charge is 2.17. The fraction of sp³-hybridized carbons (Fsp3) is 0.733. The Labute approximate surface area is 121 Å². The van der Waals surface area contributed by atoms with E-state index in [-0.39, 0.29) is 0 Å². The van der Waals surface area contributed by atoms with Crippen LogP contribution in [0.4, 0.5) is 0 Å². The summed E-state index contributed by atoms with van der Waals surface area (Å²) < 4.78 is 0.878. The van der Waals surface area contributed by atoms with Crippen molar-refractivity contribution in [3.8, 4) is 0 Å². The highest BCUT2D eigenvalue weighted by molar-refractivity contribution is 7.16. The van der Waals surface area contributed by atoms with Crippen LogP contribution in [0.5, 0.6) is 0 Å². The molecule has 0 amide bonds. The van der Waals surface area contributed by atoms with Gasteiger partial charge in [-0.1, -0.05) is 39.3 Å². The molecule has 0 aliphatic heterocycles. The molecule has 0 aliphatic rings. The van der Waals surface area contributed by atoms with Gasteiger partial charge in [-0.3, -0.25) is 0 Å². The maximum absolute atomic E-state index is 6.00. The van der Waals surface area contributed by atoms with Crippen LogP contribution in [0.3, 0.4) is 0 Å². The zero-order valence-electron chi connectivity index (χ0n) is 12.2. The lowest BCUT2D eigenvalue weighted by Crippen LogP contribution is -2.33. The van der Waals surface area contributed by atoms with Crippen molar-refractivity contribution in [3.05, 3.63) is 21.3 Å². The molecular weight excluding hydrogens is 262 g/mol. The van der Waals surface area contributed by atoms with E-state index >= 15 is 0 Å². The first-order chi connectivity index (χ1) is 8.38. The average Bonchev–Trinajstić information content (AvgIpc) is 2.62. The Hall–Kier alpha value is -0.0500. The van der Waals surface area contributed by atoms with Crippen LogP contribution in [0.15, 0.2) is 12.1 Å². The summed E-state index contributed by atoms with van der Waals surface area (Å²) in [4.78, 5) is 1.33. The Morgan fingerprint density at radius 1 is 1.06 bits per heavy atom. The van der Waals surface area contributed by atoms with E-state index in [0.717, 1.165) is 16.2 Å². The number of hydrogen-bond acceptors (Lipinski definition) is 2. The molecule has 1 rings (SSSR count). The lowest BCUT2D eigenvalue weighted by atomic mass is 9.95. The maximum atomic E-state index is 6.00. The number of nitrogens with one attached hydrogen (secondary N) is 1. The predicted molar refractivity (Wildman–Crippen MR) is 83.6 cm³/mol. The van der Waals surface area contributed by atoms with Crippen LogP contribution in [0.1, 0.15) is 58.4 Å². The maximum Gasteiger partial charge on any atom is 0.0931 e. The molecule has 1 aromatic heterocycles. The van der Waals surface area contributed by atoms with E-state index < -0.39 is 0 Å². The van der Waals surface area contributed by atoms with Gasteiger partial charge in [-0.15, -0.1) is 11.3 Å². The Bertz CT molecular complexity index is 336. The lowest BCUT2D eigenvalue weighted by Gasteiger charge is -2.26. The van der Waals surface area contributed by atoms with Gasteiger partial charge in [-0.25, -0.2) is 0 Å². The minimum absolute atomic E-state index is 0.394. The molecule has 18 heavy (non-hydrogen) atoms. The molecule has 1 atom stereocenters. The molecule has 1 unspecified atom stereocenters. The van der Waals surface area contributed by atoms with E-state index in [0.29, 0.717) is 12.1 Å². The summed E-state index contributed by atoms with van der Waals surface area (Å²) >= 11 is 7.68. The van der Waals surface area contributed by atoms with E-state index in [2.05, 4.69) is 46.0 Å². The molecule has 3 heteroatoms. The Morgan fingerprint density at radius 3 is 2.00 bits per heavy atom. The molecule has 0 spiro atoms. The van der Waals surface area contributed by atoms with Crippen molar-refractivity contribution in [1.82, 2.24) is 5.32 Å². The number of hydrogen-bond donors (Lipinski definition) is 1. The van der Waals surface area contributed by atoms with Gasteiger partial charge < -0.3 is 5.32 Å². The largest absolute Gasteiger partial charge is 0.307 e. The summed E-state index contributed by atoms with van der Waals surface area (Å²) in [6.07, 6.45) is 2.48. The molecule has 1 N–H and O–H groups in total. The molecule has 0 bridgehead atoms. The second kappa shape index (κ2) is 7.52. The molecule has 104 valence electrons. The van der Waals surface area contributed by atoms with Crippen molar-refractivity contribution in [2.45, 2.75) is 59.5 Å². The van der Waals surface area contributed by atoms with Gasteiger partial charge >= 0.3 is 0 Å². The van der Waals surface area contributed by atoms with Crippen molar-refractivity contribution < 1.29 is 0 Å². The number of thiophene rings is 1. The molecule has 0 aromatic carbocycles. The van der Waals surface area contributed by atoms with Crippen LogP contribution >= 0.6 is 22.9 Å². The second-order valence-electron chi connectivity index (χ2n) is 5.99. The first-order valence-electron chi connectivity index (χ1n) is 6.89. The number of halogens is 1. The molecule has 0 fully saturated rings. The molecule has 0 aliphatic carbocycles. The first-order valence-corrected chi connectivity index (χ1v) is 8.09. The Kier molecular flexibility index (Phi) is 6.68. The number of rotatable bonds is 7. The zero-order valence-corrected chi connectivity index (χ0v) is 13.7. The van der Waals surface area contributed by atoms with Crippen LogP contribution in [0.25, 0.3) is 0 Å². The van der Waals surface area contributed by atoms with Gasteiger partial charge in [-0.05, 0) is 43.7 Å². The summed E-state index contributed by atoms with van der Waals surface area (Å²) in [5, 5.41) is 3.76. The van der Waals surface area contributed by atoms with Crippen molar-refractivity contribution >= 4 is 22.9 Å². The fourth-order valence-corrected chi connectivity index (χ4v) is 3.44. The molecule has 0 radical (unpaired) electrons. The molecule has 0 saturated heterocycles. The monoisotopic (exact) mass is 287 g/mol. The molecule has 1 nitrogen and oxygen atoms in total. The minimum Gasteiger partial charge on any atom is -0.307 e. The van der Waals surface area contributed by atoms with Gasteiger partial charge in [0.15, 0.2) is 0 Å². The second-order valence-corrected chi connectivity index (χ2v) is 7.73. The highest BCUT2D eigenvalue weighted by Crippen LogP contribution is 2.28. The molecule has 1 heterocycles. The van der Waals surface area contributed by atoms with E-state index in [9.17, 15) is 0 Å². The van der Waals surface area contributed by atoms with Gasteiger partial charge in [0.25, 0.3) is 0 Å². The predicted octanol–water partition coefficient (Wildman–Crippen LogP) is 5.51. The summed E-state index contributed by atoms with van der Waals surface area (Å²) in [7, 11) is 0. The normalized spacial score (nSPS) is 13.8. The SMILES string of the molecule is CC(C)CC(CC(C)C)NC(C)c1ccc(Cl)s1. The summed E-state index contributed by atoms with van der Waals surface area (Å²) in [5.41, 5.74) is 0. The lowest BCUT2D eigenvalue weighted by molar-refractivity contribution is 0.337. The van der Waals surface area contributed by atoms with Crippen molar-refractivity contribution in [1.29, 1.82) is 0 Å². The molecule has 1 aromatic rings. The zero-order chi connectivity index (χ0) is 13.7. The van der Waals surface area contributed by atoms with Crippen molar-refractivity contribution in [2.75, 3.05) is 0 Å². The van der Waals surface area contributed by atoms with Gasteiger partial charge in [0.1, 0.15) is 0 Å². The highest BCUT2D eigenvalue weighted by atomic mass is 35.5. The van der Waals surface area contributed by atoms with Crippen LogP contribution in [0.2, 0.25) is 4.34 Å². The Balaban J connectivity index is 2.58. The van der Waals surface area contributed by atoms with E-state index in [1.807, 2.05) is 6.07 Å². The topological polar surface area (TPSA) is 12.0 Å². The Morgan fingerprint density at radius 2 is 1.61 bits per heavy atom. The first kappa shape index (κ1) is 16.0. The average molecular weight is 288 g/mol. The molecular formula is C15H26ClNS. The van der Waals surface area contributed by atoms with E-state index in [1.54, 1.807) is 11.3 Å². The van der Waals surface area contributed by atoms with Gasteiger partial charge in [-0.2, -0.15) is 0 Å². The van der Waals surface area contributed by atoms with Crippen LogP contribution in [0, 0.1) is 11.8 Å². The van der Waals surface area contributed by atoms with Gasteiger partial charge in [0.2, 0.25) is 0 Å². The standard InChI is InChI=1S/C15H26ClNS/c1-10(2)8-13(9-11(3)4)17-12(5)14-6-7-15(16)18-14/h6-7,10-13,17H,8-9H2,1-5H3. The van der Waals surface area contributed by atoms with Gasteiger partial charge in [0, 0.05) is 17.0 Å². The van der Waals surface area contributed by atoms with Crippen LogP contribution in [-0.2, 0) is 0 Å². The third kappa shape index (κ3) is 5.73. The van der Waals surface area contributed by atoms with Crippen molar-refractivity contribution in [3.63, 3.8) is 0 Å². The third-order valence-electron chi connectivity index (χ3n) is 3.02. The fourth-order valence-electron chi connectivity index (χ4n) is 2.37. The quantitative estimate of drug-likeness (QED) is 0.697. The van der Waals surface area contributed by atoms with Gasteiger partial charge in [0.05, 0.1) is 4.34 Å². The third-order valence-corrected chi connectivity index (χ3v) is 4.43. The van der Waals surface area contributed by atoms with Crippen LogP contribution < -0.4 is 5.32 Å². The minimum atomic E-state index is 0.394. The smallest absolute Gasteiger partial charge is 0.0931 e. The van der Waals surface area contributed by atoms with Crippen LogP contribution in [-0.4, -0.2) is 6.04 Å². The summed E-state index contributed by atoms with van der Waals surface area (Å²) in [5.74, 6) is 1.47. The summed E-state index contributed by atoms with van der Waals surface area (Å²) in [6, 6.07) is 5.11. The summed E-state index contributed by atoms with van der Waals surface area (Å²) in [6.45, 7) is 11.4. The molecule has 0 saturated carbocycles. The van der Waals surface area contributed by atoms with E-state index in [4.69, 9.17) is 11.6 Å².